The van der Waals surface area contributed by atoms with Crippen LogP contribution in [0.5, 0.6) is 0 Å². The highest BCUT2D eigenvalue weighted by Crippen LogP contribution is 2.23. The van der Waals surface area contributed by atoms with Gasteiger partial charge in [-0.1, -0.05) is 0 Å². The van der Waals surface area contributed by atoms with Gasteiger partial charge in [-0.15, -0.1) is 5.10 Å². The molecule has 1 saturated carbocycles. The topological polar surface area (TPSA) is 63.2 Å². The maximum atomic E-state index is 5.29. The summed E-state index contributed by atoms with van der Waals surface area (Å²) in [6, 6.07) is 0.592. The van der Waals surface area contributed by atoms with E-state index in [1.807, 2.05) is 0 Å². The molecule has 1 aromatic rings. The number of morpholine rings is 1. The van der Waals surface area contributed by atoms with Gasteiger partial charge in [-0.25, -0.2) is 0 Å². The molecule has 0 radical (unpaired) electrons. The van der Waals surface area contributed by atoms with Crippen LogP contribution in [0, 0.1) is 0 Å². The lowest BCUT2D eigenvalue weighted by molar-refractivity contribution is 0.122. The molecule has 1 N–H and O–H groups in total. The quantitative estimate of drug-likeness (QED) is 0.791. The van der Waals surface area contributed by atoms with Crippen LogP contribution in [0.2, 0.25) is 0 Å². The fourth-order valence-corrected chi connectivity index (χ4v) is 1.70. The first kappa shape index (κ1) is 9.77. The van der Waals surface area contributed by atoms with Crippen LogP contribution in [-0.2, 0) is 4.74 Å². The van der Waals surface area contributed by atoms with Crippen LogP contribution < -0.4 is 10.2 Å². The number of nitrogens with zero attached hydrogens (tertiary/aromatic N) is 4. The van der Waals surface area contributed by atoms with E-state index in [0.29, 0.717) is 12.0 Å². The minimum absolute atomic E-state index is 0.592. The molecule has 0 amide bonds. The van der Waals surface area contributed by atoms with Gasteiger partial charge in [0, 0.05) is 19.1 Å². The summed E-state index contributed by atoms with van der Waals surface area (Å²) in [4.78, 5) is 6.57. The van der Waals surface area contributed by atoms with Gasteiger partial charge in [-0.2, -0.15) is 10.1 Å². The Hall–Kier alpha value is -1.43. The molecule has 1 saturated heterocycles. The van der Waals surface area contributed by atoms with Crippen LogP contribution in [0.3, 0.4) is 0 Å². The van der Waals surface area contributed by atoms with Crippen LogP contribution in [-0.4, -0.2) is 47.5 Å². The van der Waals surface area contributed by atoms with E-state index in [-0.39, 0.29) is 0 Å². The third kappa shape index (κ3) is 2.21. The Kier molecular flexibility index (Phi) is 2.57. The van der Waals surface area contributed by atoms with Gasteiger partial charge in [0.05, 0.1) is 19.4 Å². The Morgan fingerprint density at radius 3 is 2.88 bits per heavy atom. The summed E-state index contributed by atoms with van der Waals surface area (Å²) in [6.07, 6.45) is 4.15. The van der Waals surface area contributed by atoms with Crippen molar-refractivity contribution in [2.24, 2.45) is 0 Å². The number of nitrogens with one attached hydrogen (secondary N) is 1. The summed E-state index contributed by atoms with van der Waals surface area (Å²) in [5.74, 6) is 1.54. The average Bonchev–Trinajstić information content (AvgIpc) is 3.15. The molecule has 3 rings (SSSR count). The third-order valence-corrected chi connectivity index (χ3v) is 2.77. The van der Waals surface area contributed by atoms with Gasteiger partial charge in [-0.3, -0.25) is 0 Å². The largest absolute Gasteiger partial charge is 0.378 e. The standard InChI is InChI=1S/C10H15N5O/c1-2-8(1)12-9-7-11-14-10(13-9)15-3-5-16-6-4-15/h7-8H,1-6H2,(H,12,13,14). The molecule has 16 heavy (non-hydrogen) atoms. The Morgan fingerprint density at radius 2 is 2.12 bits per heavy atom. The number of hydrogen-bond donors (Lipinski definition) is 1. The fourth-order valence-electron chi connectivity index (χ4n) is 1.70. The molecule has 2 fully saturated rings. The van der Waals surface area contributed by atoms with Crippen LogP contribution in [0.4, 0.5) is 11.8 Å². The Labute approximate surface area is 94.0 Å². The van der Waals surface area contributed by atoms with Crippen LogP contribution >= 0.6 is 0 Å². The number of ether oxygens (including phenoxy) is 1. The molecule has 6 heteroatoms. The molecule has 1 aromatic heterocycles. The minimum Gasteiger partial charge on any atom is -0.378 e. The van der Waals surface area contributed by atoms with Crippen molar-refractivity contribution in [3.8, 4) is 0 Å². The highest BCUT2D eigenvalue weighted by molar-refractivity contribution is 5.40. The average molecular weight is 221 g/mol. The molecule has 0 atom stereocenters. The first-order valence-electron chi connectivity index (χ1n) is 5.71. The first-order valence-corrected chi connectivity index (χ1v) is 5.71. The lowest BCUT2D eigenvalue weighted by Crippen LogP contribution is -2.37. The lowest BCUT2D eigenvalue weighted by atomic mass is 10.4. The van der Waals surface area contributed by atoms with Gasteiger partial charge in [0.1, 0.15) is 0 Å². The van der Waals surface area contributed by atoms with E-state index in [4.69, 9.17) is 4.74 Å². The molecule has 6 nitrogen and oxygen atoms in total. The fraction of sp³-hybridized carbons (Fsp3) is 0.700. The van der Waals surface area contributed by atoms with Crippen LogP contribution in [0.15, 0.2) is 6.20 Å². The van der Waals surface area contributed by atoms with E-state index in [1.54, 1.807) is 6.20 Å². The monoisotopic (exact) mass is 221 g/mol. The second-order valence-corrected chi connectivity index (χ2v) is 4.16. The van der Waals surface area contributed by atoms with E-state index < -0.39 is 0 Å². The van der Waals surface area contributed by atoms with E-state index >= 15 is 0 Å². The Morgan fingerprint density at radius 1 is 1.31 bits per heavy atom. The number of aromatic nitrogens is 3. The van der Waals surface area contributed by atoms with Crippen molar-refractivity contribution in [3.05, 3.63) is 6.20 Å². The van der Waals surface area contributed by atoms with Crippen molar-refractivity contribution in [2.45, 2.75) is 18.9 Å². The molecule has 0 aromatic carbocycles. The smallest absolute Gasteiger partial charge is 0.247 e. The molecule has 1 aliphatic carbocycles. The summed E-state index contributed by atoms with van der Waals surface area (Å²) in [6.45, 7) is 3.16. The van der Waals surface area contributed by atoms with Gasteiger partial charge in [0.2, 0.25) is 5.95 Å². The molecule has 2 aliphatic rings. The number of hydrogen-bond acceptors (Lipinski definition) is 6. The molecule has 1 aliphatic heterocycles. The summed E-state index contributed by atoms with van der Waals surface area (Å²) in [5.41, 5.74) is 0. The third-order valence-electron chi connectivity index (χ3n) is 2.77. The van der Waals surface area contributed by atoms with Crippen molar-refractivity contribution in [1.29, 1.82) is 0 Å². The SMILES string of the molecule is c1nnc(N2CCOCC2)nc1NC1CC1. The van der Waals surface area contributed by atoms with Crippen molar-refractivity contribution < 1.29 is 4.74 Å². The summed E-state index contributed by atoms with van der Waals surface area (Å²) in [7, 11) is 0. The van der Waals surface area contributed by atoms with Crippen molar-refractivity contribution >= 4 is 11.8 Å². The van der Waals surface area contributed by atoms with E-state index in [2.05, 4.69) is 25.4 Å². The Balaban J connectivity index is 1.72. The lowest BCUT2D eigenvalue weighted by Gasteiger charge is -2.26. The minimum atomic E-state index is 0.592. The number of rotatable bonds is 3. The summed E-state index contributed by atoms with van der Waals surface area (Å²) in [5, 5.41) is 11.4. The maximum absolute atomic E-state index is 5.29. The summed E-state index contributed by atoms with van der Waals surface area (Å²) >= 11 is 0. The van der Waals surface area contributed by atoms with Gasteiger partial charge in [0.25, 0.3) is 0 Å². The maximum Gasteiger partial charge on any atom is 0.247 e. The van der Waals surface area contributed by atoms with E-state index in [1.165, 1.54) is 12.8 Å². The van der Waals surface area contributed by atoms with Gasteiger partial charge < -0.3 is 15.0 Å². The van der Waals surface area contributed by atoms with Crippen LogP contribution in [0.25, 0.3) is 0 Å². The van der Waals surface area contributed by atoms with Gasteiger partial charge in [-0.05, 0) is 12.8 Å². The molecular formula is C10H15N5O. The zero-order chi connectivity index (χ0) is 10.8. The van der Waals surface area contributed by atoms with Crippen LogP contribution in [0.1, 0.15) is 12.8 Å². The second kappa shape index (κ2) is 4.21. The highest BCUT2D eigenvalue weighted by atomic mass is 16.5. The molecule has 0 unspecified atom stereocenters. The number of anilines is 2. The molecule has 0 bridgehead atoms. The molecule has 86 valence electrons. The predicted molar refractivity (Wildman–Crippen MR) is 59.5 cm³/mol. The van der Waals surface area contributed by atoms with E-state index in [0.717, 1.165) is 32.1 Å². The van der Waals surface area contributed by atoms with Crippen molar-refractivity contribution in [1.82, 2.24) is 15.2 Å². The first-order chi connectivity index (χ1) is 7.92. The zero-order valence-electron chi connectivity index (χ0n) is 9.09. The molecule has 0 spiro atoms. The van der Waals surface area contributed by atoms with Crippen molar-refractivity contribution in [2.75, 3.05) is 36.5 Å². The molecular weight excluding hydrogens is 206 g/mol. The Bertz CT molecular complexity index is 362. The van der Waals surface area contributed by atoms with Crippen molar-refractivity contribution in [3.63, 3.8) is 0 Å². The van der Waals surface area contributed by atoms with E-state index in [9.17, 15) is 0 Å². The van der Waals surface area contributed by atoms with Gasteiger partial charge in [0.15, 0.2) is 5.82 Å². The normalized spacial score (nSPS) is 20.9. The highest BCUT2D eigenvalue weighted by Gasteiger charge is 2.22. The van der Waals surface area contributed by atoms with Gasteiger partial charge >= 0.3 is 0 Å². The second-order valence-electron chi connectivity index (χ2n) is 4.16. The molecule has 2 heterocycles. The zero-order valence-corrected chi connectivity index (χ0v) is 9.09. The predicted octanol–water partition coefficient (Wildman–Crippen LogP) is 0.282. The summed E-state index contributed by atoms with van der Waals surface area (Å²) < 4.78 is 5.29.